The third-order valence-corrected chi connectivity index (χ3v) is 14.9. The summed E-state index contributed by atoms with van der Waals surface area (Å²) in [5, 5.41) is 5.17. The van der Waals surface area contributed by atoms with Gasteiger partial charge in [-0.25, -0.2) is 0 Å². The number of hydrogen-bond donors (Lipinski definition) is 0. The van der Waals surface area contributed by atoms with E-state index in [1.165, 1.54) is 110 Å². The average Bonchev–Trinajstić information content (AvgIpc) is 3.76. The Morgan fingerprint density at radius 2 is 1.05 bits per heavy atom. The summed E-state index contributed by atoms with van der Waals surface area (Å²) in [7, 11) is 0. The van der Waals surface area contributed by atoms with Gasteiger partial charge in [0.25, 0.3) is 0 Å². The molecule has 0 N–H and O–H groups in total. The van der Waals surface area contributed by atoms with Gasteiger partial charge in [0.1, 0.15) is 0 Å². The number of anilines is 3. The molecule has 2 heteroatoms. The summed E-state index contributed by atoms with van der Waals surface area (Å²) in [6.07, 6.45) is 6.78. The first-order valence-electron chi connectivity index (χ1n) is 21.4. The molecule has 5 aliphatic carbocycles. The Kier molecular flexibility index (Phi) is 6.94. The van der Waals surface area contributed by atoms with Gasteiger partial charge >= 0.3 is 0 Å². The molecule has 4 fully saturated rings. The van der Waals surface area contributed by atoms with E-state index in [-0.39, 0.29) is 5.41 Å². The molecule has 14 rings (SSSR count). The molecule has 4 bridgehead atoms. The summed E-state index contributed by atoms with van der Waals surface area (Å²) in [5.41, 5.74) is 16.0. The van der Waals surface area contributed by atoms with Crippen LogP contribution in [0.15, 0.2) is 182 Å². The summed E-state index contributed by atoms with van der Waals surface area (Å²) in [5.74, 6) is 2.96. The third kappa shape index (κ3) is 4.49. The van der Waals surface area contributed by atoms with Crippen molar-refractivity contribution < 1.29 is 0 Å². The predicted octanol–water partition coefficient (Wildman–Crippen LogP) is 14.8. The normalized spacial score (nSPS) is 22.6. The molecule has 8 aromatic carbocycles. The van der Waals surface area contributed by atoms with Crippen LogP contribution in [0.5, 0.6) is 0 Å². The molecule has 1 aromatic heterocycles. The van der Waals surface area contributed by atoms with Gasteiger partial charge in [-0.2, -0.15) is 0 Å². The number of nitrogens with zero attached hydrogens (tertiary/aromatic N) is 2. The van der Waals surface area contributed by atoms with Crippen molar-refractivity contribution in [2.45, 2.75) is 37.5 Å². The zero-order valence-corrected chi connectivity index (χ0v) is 32.6. The Bertz CT molecular complexity index is 3010. The van der Waals surface area contributed by atoms with Crippen molar-refractivity contribution in [3.05, 3.63) is 193 Å². The Morgan fingerprint density at radius 1 is 0.448 bits per heavy atom. The molecule has 0 unspecified atom stereocenters. The second-order valence-corrected chi connectivity index (χ2v) is 17.7. The standard InChI is InChI=1S/C56H44N2/c1-2-14-39(15-3-1)45-17-6-9-21-51(45)57(43-26-25-38-13-4-5-16-40(38)34-43)44-27-28-46-49-20-12-24-54(58-52-22-10-7-18-47(52)48-19-8-11-23-53(48)58)55(49)56(50(46)35-44)41-30-36-29-37(32-41)33-42(56)31-36/h1-28,34-37,41-42H,29-33H2. The van der Waals surface area contributed by atoms with Gasteiger partial charge < -0.3 is 9.47 Å². The highest BCUT2D eigenvalue weighted by atomic mass is 15.1. The minimum absolute atomic E-state index is 0.0504. The molecule has 0 radical (unpaired) electrons. The molecular weight excluding hydrogens is 701 g/mol. The molecular formula is C56H44N2. The maximum atomic E-state index is 2.66. The van der Waals surface area contributed by atoms with Crippen molar-refractivity contribution in [2.24, 2.45) is 23.7 Å². The Morgan fingerprint density at radius 3 is 1.81 bits per heavy atom. The first-order chi connectivity index (χ1) is 28.7. The summed E-state index contributed by atoms with van der Waals surface area (Å²) < 4.78 is 2.63. The van der Waals surface area contributed by atoms with Gasteiger partial charge in [-0.1, -0.05) is 133 Å². The van der Waals surface area contributed by atoms with Crippen molar-refractivity contribution in [3.63, 3.8) is 0 Å². The number of para-hydroxylation sites is 3. The van der Waals surface area contributed by atoms with Crippen LogP contribution in [-0.4, -0.2) is 4.57 Å². The Labute approximate surface area is 340 Å². The van der Waals surface area contributed by atoms with Crippen molar-refractivity contribution in [1.29, 1.82) is 0 Å². The van der Waals surface area contributed by atoms with Crippen molar-refractivity contribution in [1.82, 2.24) is 4.57 Å². The lowest BCUT2D eigenvalue weighted by Crippen LogP contribution is -2.55. The van der Waals surface area contributed by atoms with Gasteiger partial charge in [-0.3, -0.25) is 0 Å². The molecule has 0 saturated heterocycles. The number of benzene rings is 8. The van der Waals surface area contributed by atoms with Crippen LogP contribution in [-0.2, 0) is 5.41 Å². The smallest absolute Gasteiger partial charge is 0.0541 e. The maximum Gasteiger partial charge on any atom is 0.0541 e. The number of rotatable bonds is 5. The minimum atomic E-state index is -0.0504. The third-order valence-electron chi connectivity index (χ3n) is 14.9. The monoisotopic (exact) mass is 744 g/mol. The summed E-state index contributed by atoms with van der Waals surface area (Å²) in [4.78, 5) is 2.55. The van der Waals surface area contributed by atoms with E-state index in [2.05, 4.69) is 191 Å². The lowest BCUT2D eigenvalue weighted by molar-refractivity contribution is -0.0399. The van der Waals surface area contributed by atoms with Crippen LogP contribution in [0.4, 0.5) is 17.1 Å². The van der Waals surface area contributed by atoms with Gasteiger partial charge in [0.05, 0.1) is 22.4 Å². The highest BCUT2D eigenvalue weighted by Crippen LogP contribution is 2.70. The second-order valence-electron chi connectivity index (χ2n) is 17.7. The van der Waals surface area contributed by atoms with E-state index in [0.29, 0.717) is 11.8 Å². The highest BCUT2D eigenvalue weighted by Gasteiger charge is 2.62. The van der Waals surface area contributed by atoms with E-state index in [9.17, 15) is 0 Å². The molecule has 1 heterocycles. The van der Waals surface area contributed by atoms with E-state index < -0.39 is 0 Å². The van der Waals surface area contributed by atoms with E-state index in [1.807, 2.05) is 0 Å². The van der Waals surface area contributed by atoms with Crippen LogP contribution in [0.3, 0.4) is 0 Å². The van der Waals surface area contributed by atoms with E-state index >= 15 is 0 Å². The number of hydrogen-bond acceptors (Lipinski definition) is 1. The first-order valence-corrected chi connectivity index (χ1v) is 21.4. The number of fused-ring (bicyclic) bond motifs is 7. The molecule has 9 aromatic rings. The SMILES string of the molecule is c1ccc(-c2ccccc2N(c2ccc3c(c2)C2(c4c-3cccc4-n3c4ccccc4c4ccccc43)C3CC4CC(C3)CC2C4)c2ccc3ccccc3c2)cc1. The van der Waals surface area contributed by atoms with Gasteiger partial charge in [0.2, 0.25) is 0 Å². The maximum absolute atomic E-state index is 2.66. The fourth-order valence-corrected chi connectivity index (χ4v) is 13.0. The molecule has 4 saturated carbocycles. The average molecular weight is 745 g/mol. The van der Waals surface area contributed by atoms with E-state index in [1.54, 1.807) is 11.1 Å². The van der Waals surface area contributed by atoms with Crippen LogP contribution < -0.4 is 4.90 Å². The summed E-state index contributed by atoms with van der Waals surface area (Å²) in [6, 6.07) is 68.6. The predicted molar refractivity (Wildman–Crippen MR) is 242 cm³/mol. The molecule has 0 amide bonds. The lowest BCUT2D eigenvalue weighted by Gasteiger charge is -2.61. The molecule has 278 valence electrons. The van der Waals surface area contributed by atoms with Gasteiger partial charge in [0, 0.05) is 33.1 Å². The van der Waals surface area contributed by atoms with Gasteiger partial charge in [0.15, 0.2) is 0 Å². The van der Waals surface area contributed by atoms with Gasteiger partial charge in [-0.05, 0) is 143 Å². The van der Waals surface area contributed by atoms with E-state index in [0.717, 1.165) is 11.8 Å². The lowest BCUT2D eigenvalue weighted by atomic mass is 9.43. The van der Waals surface area contributed by atoms with Gasteiger partial charge in [-0.15, -0.1) is 0 Å². The largest absolute Gasteiger partial charge is 0.310 e. The fourth-order valence-electron chi connectivity index (χ4n) is 13.0. The van der Waals surface area contributed by atoms with Crippen LogP contribution in [0, 0.1) is 23.7 Å². The topological polar surface area (TPSA) is 8.17 Å². The molecule has 5 aliphatic rings. The quantitative estimate of drug-likeness (QED) is 0.170. The first kappa shape index (κ1) is 32.7. The van der Waals surface area contributed by atoms with Crippen molar-refractivity contribution in [2.75, 3.05) is 4.90 Å². The molecule has 0 aliphatic heterocycles. The summed E-state index contributed by atoms with van der Waals surface area (Å²) >= 11 is 0. The molecule has 1 spiro atoms. The highest BCUT2D eigenvalue weighted by molar-refractivity contribution is 6.09. The van der Waals surface area contributed by atoms with Crippen molar-refractivity contribution >= 4 is 49.6 Å². The Hall–Kier alpha value is -6.38. The molecule has 2 nitrogen and oxygen atoms in total. The minimum Gasteiger partial charge on any atom is -0.310 e. The van der Waals surface area contributed by atoms with Crippen molar-refractivity contribution in [3.8, 4) is 27.9 Å². The Balaban J connectivity index is 1.09. The second kappa shape index (κ2) is 12.3. The molecule has 58 heavy (non-hydrogen) atoms. The zero-order chi connectivity index (χ0) is 38.0. The van der Waals surface area contributed by atoms with Crippen LogP contribution >= 0.6 is 0 Å². The van der Waals surface area contributed by atoms with Crippen LogP contribution in [0.1, 0.15) is 43.2 Å². The molecule has 0 atom stereocenters. The van der Waals surface area contributed by atoms with Crippen LogP contribution in [0.2, 0.25) is 0 Å². The zero-order valence-electron chi connectivity index (χ0n) is 32.6. The summed E-state index contributed by atoms with van der Waals surface area (Å²) in [6.45, 7) is 0. The fraction of sp³-hybridized carbons (Fsp3) is 0.179. The van der Waals surface area contributed by atoms with E-state index in [4.69, 9.17) is 0 Å². The van der Waals surface area contributed by atoms with Crippen LogP contribution in [0.25, 0.3) is 60.5 Å². The number of aromatic nitrogens is 1.